The number of nitrogens with zero attached hydrogens (tertiary/aromatic N) is 3. The van der Waals surface area contributed by atoms with E-state index < -0.39 is 0 Å². The average molecular weight is 392 g/mol. The maximum atomic E-state index is 6.27. The molecule has 0 spiro atoms. The third-order valence-electron chi connectivity index (χ3n) is 3.37. The van der Waals surface area contributed by atoms with Crippen molar-refractivity contribution in [2.24, 2.45) is 0 Å². The highest BCUT2D eigenvalue weighted by Gasteiger charge is 2.20. The van der Waals surface area contributed by atoms with Crippen LogP contribution in [0.1, 0.15) is 30.0 Å². The van der Waals surface area contributed by atoms with Crippen LogP contribution >= 0.6 is 39.1 Å². The summed E-state index contributed by atoms with van der Waals surface area (Å²) in [6.07, 6.45) is 2.35. The molecule has 1 N–H and O–H groups in total. The Morgan fingerprint density at radius 2 is 2.14 bits per heavy atom. The molecule has 0 aliphatic carbocycles. The van der Waals surface area contributed by atoms with E-state index in [0.29, 0.717) is 10.0 Å². The van der Waals surface area contributed by atoms with E-state index in [1.807, 2.05) is 18.7 Å². The SMILES string of the molecule is CCn1nc(C)c(Br)c1CC(NC)c1ncc(Cl)cc1Cl. The fraction of sp³-hybridized carbons (Fsp3) is 0.429. The van der Waals surface area contributed by atoms with E-state index in [4.69, 9.17) is 23.2 Å². The second kappa shape index (κ2) is 7.09. The third-order valence-corrected chi connectivity index (χ3v) is 4.91. The van der Waals surface area contributed by atoms with Gasteiger partial charge in [-0.15, -0.1) is 0 Å². The van der Waals surface area contributed by atoms with Crippen molar-refractivity contribution in [1.82, 2.24) is 20.1 Å². The molecule has 7 heteroatoms. The molecule has 0 fully saturated rings. The largest absolute Gasteiger partial charge is 0.311 e. The Labute approximate surface area is 143 Å². The van der Waals surface area contributed by atoms with Crippen LogP contribution in [-0.2, 0) is 13.0 Å². The lowest BCUT2D eigenvalue weighted by molar-refractivity contribution is 0.531. The highest BCUT2D eigenvalue weighted by Crippen LogP contribution is 2.29. The number of aryl methyl sites for hydroxylation is 2. The minimum Gasteiger partial charge on any atom is -0.311 e. The van der Waals surface area contributed by atoms with Crippen LogP contribution in [0.15, 0.2) is 16.7 Å². The van der Waals surface area contributed by atoms with Crippen molar-refractivity contribution in [3.63, 3.8) is 0 Å². The second-order valence-corrected chi connectivity index (χ2v) is 6.36. The Morgan fingerprint density at radius 3 is 2.71 bits per heavy atom. The maximum Gasteiger partial charge on any atom is 0.0764 e. The highest BCUT2D eigenvalue weighted by atomic mass is 79.9. The van der Waals surface area contributed by atoms with Gasteiger partial charge >= 0.3 is 0 Å². The zero-order valence-electron chi connectivity index (χ0n) is 12.1. The zero-order valence-corrected chi connectivity index (χ0v) is 15.2. The molecule has 21 heavy (non-hydrogen) atoms. The molecule has 0 bridgehead atoms. The summed E-state index contributed by atoms with van der Waals surface area (Å²) < 4.78 is 3.03. The number of hydrogen-bond donors (Lipinski definition) is 1. The van der Waals surface area contributed by atoms with Crippen molar-refractivity contribution in [3.8, 4) is 0 Å². The number of hydrogen-bond acceptors (Lipinski definition) is 3. The first-order valence-corrected chi connectivity index (χ1v) is 8.22. The molecule has 0 aliphatic rings. The van der Waals surface area contributed by atoms with E-state index in [1.165, 1.54) is 0 Å². The van der Waals surface area contributed by atoms with Crippen LogP contribution in [0.2, 0.25) is 10.0 Å². The normalized spacial score (nSPS) is 12.7. The summed E-state index contributed by atoms with van der Waals surface area (Å²) >= 11 is 15.8. The number of likely N-dealkylation sites (N-methyl/N-ethyl adjacent to an activating group) is 1. The minimum atomic E-state index is -0.00698. The molecule has 0 saturated heterocycles. The van der Waals surface area contributed by atoms with E-state index in [-0.39, 0.29) is 6.04 Å². The first-order chi connectivity index (χ1) is 9.97. The molecule has 0 aliphatic heterocycles. The van der Waals surface area contributed by atoms with Crippen molar-refractivity contribution in [1.29, 1.82) is 0 Å². The van der Waals surface area contributed by atoms with E-state index in [0.717, 1.165) is 34.5 Å². The number of aromatic nitrogens is 3. The van der Waals surface area contributed by atoms with Gasteiger partial charge in [-0.3, -0.25) is 9.67 Å². The van der Waals surface area contributed by atoms with E-state index >= 15 is 0 Å². The Morgan fingerprint density at radius 1 is 1.43 bits per heavy atom. The van der Waals surface area contributed by atoms with Gasteiger partial charge in [0.25, 0.3) is 0 Å². The molecular weight excluding hydrogens is 375 g/mol. The summed E-state index contributed by atoms with van der Waals surface area (Å²) in [7, 11) is 1.89. The fourth-order valence-electron chi connectivity index (χ4n) is 2.27. The van der Waals surface area contributed by atoms with Crippen LogP contribution in [0.3, 0.4) is 0 Å². The topological polar surface area (TPSA) is 42.7 Å². The minimum absolute atomic E-state index is 0.00698. The van der Waals surface area contributed by atoms with Crippen molar-refractivity contribution >= 4 is 39.1 Å². The summed E-state index contributed by atoms with van der Waals surface area (Å²) in [6.45, 7) is 4.88. The van der Waals surface area contributed by atoms with Crippen LogP contribution in [0.4, 0.5) is 0 Å². The molecule has 2 aromatic heterocycles. The van der Waals surface area contributed by atoms with E-state index in [1.54, 1.807) is 12.3 Å². The van der Waals surface area contributed by atoms with Gasteiger partial charge in [0.15, 0.2) is 0 Å². The smallest absolute Gasteiger partial charge is 0.0764 e. The van der Waals surface area contributed by atoms with Gasteiger partial charge in [0, 0.05) is 19.2 Å². The third kappa shape index (κ3) is 3.59. The standard InChI is InChI=1S/C14H17BrCl2N4/c1-4-21-12(13(15)8(2)20-21)6-11(18-3)14-10(17)5-9(16)7-19-14/h5,7,11,18H,4,6H2,1-3H3. The van der Waals surface area contributed by atoms with Gasteiger partial charge in [0.1, 0.15) is 0 Å². The monoisotopic (exact) mass is 390 g/mol. The Bertz CT molecular complexity index is 642. The number of pyridine rings is 1. The molecule has 2 rings (SSSR count). The van der Waals surface area contributed by atoms with Crippen LogP contribution in [-0.4, -0.2) is 21.8 Å². The highest BCUT2D eigenvalue weighted by molar-refractivity contribution is 9.10. The van der Waals surface area contributed by atoms with Crippen molar-refractivity contribution in [3.05, 3.63) is 43.9 Å². The molecule has 0 radical (unpaired) electrons. The molecular formula is C14H17BrCl2N4. The van der Waals surface area contributed by atoms with Crippen LogP contribution in [0, 0.1) is 6.92 Å². The van der Waals surface area contributed by atoms with Gasteiger partial charge in [-0.1, -0.05) is 23.2 Å². The lowest BCUT2D eigenvalue weighted by atomic mass is 10.1. The molecule has 4 nitrogen and oxygen atoms in total. The van der Waals surface area contributed by atoms with Gasteiger partial charge < -0.3 is 5.32 Å². The lowest BCUT2D eigenvalue weighted by Crippen LogP contribution is -2.22. The average Bonchev–Trinajstić information content (AvgIpc) is 2.72. The summed E-state index contributed by atoms with van der Waals surface area (Å²) in [5.41, 5.74) is 2.90. The number of nitrogens with one attached hydrogen (secondary N) is 1. The molecule has 2 heterocycles. The summed E-state index contributed by atoms with van der Waals surface area (Å²) in [4.78, 5) is 4.37. The van der Waals surface area contributed by atoms with Gasteiger partial charge in [0.05, 0.1) is 37.6 Å². The van der Waals surface area contributed by atoms with Gasteiger partial charge in [-0.05, 0) is 42.9 Å². The Balaban J connectivity index is 2.35. The summed E-state index contributed by atoms with van der Waals surface area (Å²) in [5.74, 6) is 0. The summed E-state index contributed by atoms with van der Waals surface area (Å²) in [5, 5.41) is 8.88. The molecule has 1 atom stereocenters. The quantitative estimate of drug-likeness (QED) is 0.831. The predicted octanol–water partition coefficient (Wildman–Crippen LogP) is 4.18. The van der Waals surface area contributed by atoms with Crippen molar-refractivity contribution < 1.29 is 0 Å². The molecule has 0 aromatic carbocycles. The molecule has 114 valence electrons. The zero-order chi connectivity index (χ0) is 15.6. The molecule has 1 unspecified atom stereocenters. The first-order valence-electron chi connectivity index (χ1n) is 6.67. The number of halogens is 3. The lowest BCUT2D eigenvalue weighted by Gasteiger charge is -2.18. The first kappa shape index (κ1) is 16.7. The molecule has 0 saturated carbocycles. The van der Waals surface area contributed by atoms with Crippen LogP contribution < -0.4 is 5.32 Å². The molecule has 0 amide bonds. The summed E-state index contributed by atoms with van der Waals surface area (Å²) in [6, 6.07) is 1.71. The van der Waals surface area contributed by atoms with E-state index in [9.17, 15) is 0 Å². The van der Waals surface area contributed by atoms with Gasteiger partial charge in [-0.2, -0.15) is 5.10 Å². The van der Waals surface area contributed by atoms with Gasteiger partial charge in [-0.25, -0.2) is 0 Å². The van der Waals surface area contributed by atoms with Crippen molar-refractivity contribution in [2.75, 3.05) is 7.05 Å². The van der Waals surface area contributed by atoms with Crippen LogP contribution in [0.5, 0.6) is 0 Å². The predicted molar refractivity (Wildman–Crippen MR) is 90.1 cm³/mol. The fourth-order valence-corrected chi connectivity index (χ4v) is 3.23. The van der Waals surface area contributed by atoms with Crippen LogP contribution in [0.25, 0.3) is 0 Å². The van der Waals surface area contributed by atoms with E-state index in [2.05, 4.69) is 38.3 Å². The maximum absolute atomic E-state index is 6.27. The molecule has 2 aromatic rings. The Hall–Kier alpha value is -0.620. The van der Waals surface area contributed by atoms with Crippen molar-refractivity contribution in [2.45, 2.75) is 32.9 Å². The van der Waals surface area contributed by atoms with Gasteiger partial charge in [0.2, 0.25) is 0 Å². The second-order valence-electron chi connectivity index (χ2n) is 4.73. The number of rotatable bonds is 5. The Kier molecular flexibility index (Phi) is 5.66.